The summed E-state index contributed by atoms with van der Waals surface area (Å²) in [5.74, 6) is 0.796. The third-order valence-electron chi connectivity index (χ3n) is 5.37. The summed E-state index contributed by atoms with van der Waals surface area (Å²) in [5, 5.41) is 3.28. The maximum absolute atomic E-state index is 12.7. The van der Waals surface area contributed by atoms with E-state index < -0.39 is 0 Å². The van der Waals surface area contributed by atoms with Crippen molar-refractivity contribution in [3.05, 3.63) is 35.4 Å². The Hall–Kier alpha value is -1.35. The smallest absolute Gasteiger partial charge is 0.230 e. The molecule has 1 amide bonds. The van der Waals surface area contributed by atoms with Gasteiger partial charge < -0.3 is 10.1 Å². The van der Waals surface area contributed by atoms with Crippen molar-refractivity contribution in [2.75, 3.05) is 6.61 Å². The Morgan fingerprint density at radius 1 is 1.30 bits per heavy atom. The summed E-state index contributed by atoms with van der Waals surface area (Å²) in [6.07, 6.45) is 4.49. The molecule has 0 bridgehead atoms. The summed E-state index contributed by atoms with van der Waals surface area (Å²) >= 11 is 0. The van der Waals surface area contributed by atoms with E-state index in [0.29, 0.717) is 18.1 Å². The van der Waals surface area contributed by atoms with Crippen LogP contribution in [0.2, 0.25) is 0 Å². The van der Waals surface area contributed by atoms with Gasteiger partial charge in [0.1, 0.15) is 0 Å². The molecule has 1 heterocycles. The van der Waals surface area contributed by atoms with Gasteiger partial charge in [-0.25, -0.2) is 0 Å². The Balaban J connectivity index is 1.46. The summed E-state index contributed by atoms with van der Waals surface area (Å²) < 4.78 is 5.61. The largest absolute Gasteiger partial charge is 0.378 e. The average molecular weight is 271 g/mol. The Bertz CT molecular complexity index is 532. The van der Waals surface area contributed by atoms with Gasteiger partial charge in [0, 0.05) is 18.6 Å². The standard InChI is InChI=1S/C17H21NO2/c1-11-2-4-12(5-3-11)17(7-8-17)16(19)18-14-10-15-13(14)6-9-20-15/h2-5,13-15H,6-10H2,1H3,(H,18,19)/t13-,14+,15+/m0/s1. The van der Waals surface area contributed by atoms with Crippen LogP contribution >= 0.6 is 0 Å². The molecule has 3 heteroatoms. The minimum absolute atomic E-state index is 0.233. The first kappa shape index (κ1) is 12.4. The number of carbonyl (C=O) groups is 1. The first-order valence-corrected chi connectivity index (χ1v) is 7.69. The minimum atomic E-state index is -0.238. The number of hydrogen-bond donors (Lipinski definition) is 1. The number of benzene rings is 1. The lowest BCUT2D eigenvalue weighted by atomic mass is 9.76. The van der Waals surface area contributed by atoms with Crippen LogP contribution in [0.25, 0.3) is 0 Å². The molecule has 1 aromatic carbocycles. The molecular formula is C17H21NO2. The Morgan fingerprint density at radius 2 is 2.05 bits per heavy atom. The Morgan fingerprint density at radius 3 is 2.70 bits per heavy atom. The van der Waals surface area contributed by atoms with E-state index in [-0.39, 0.29) is 11.3 Å². The zero-order chi connectivity index (χ0) is 13.7. The van der Waals surface area contributed by atoms with Crippen molar-refractivity contribution in [3.63, 3.8) is 0 Å². The number of rotatable bonds is 3. The molecule has 0 unspecified atom stereocenters. The van der Waals surface area contributed by atoms with Gasteiger partial charge in [-0.15, -0.1) is 0 Å². The second-order valence-corrected chi connectivity index (χ2v) is 6.63. The van der Waals surface area contributed by atoms with Crippen molar-refractivity contribution < 1.29 is 9.53 Å². The van der Waals surface area contributed by atoms with Gasteiger partial charge in [0.25, 0.3) is 0 Å². The molecule has 3 fully saturated rings. The second-order valence-electron chi connectivity index (χ2n) is 6.63. The van der Waals surface area contributed by atoms with Gasteiger partial charge in [-0.05, 0) is 38.2 Å². The summed E-state index contributed by atoms with van der Waals surface area (Å²) in [6.45, 7) is 2.95. The van der Waals surface area contributed by atoms with Crippen LogP contribution in [0.1, 0.15) is 36.8 Å². The van der Waals surface area contributed by atoms with Crippen LogP contribution in [0.3, 0.4) is 0 Å². The van der Waals surface area contributed by atoms with Crippen LogP contribution in [0, 0.1) is 12.8 Å². The fourth-order valence-corrected chi connectivity index (χ4v) is 3.71. The maximum Gasteiger partial charge on any atom is 0.230 e. The third kappa shape index (κ3) is 1.80. The number of aryl methyl sites for hydroxylation is 1. The van der Waals surface area contributed by atoms with Crippen molar-refractivity contribution in [1.29, 1.82) is 0 Å². The lowest BCUT2D eigenvalue weighted by Gasteiger charge is -2.40. The number of amides is 1. The minimum Gasteiger partial charge on any atom is -0.378 e. The van der Waals surface area contributed by atoms with E-state index in [1.165, 1.54) is 11.1 Å². The molecule has 0 spiro atoms. The van der Waals surface area contributed by atoms with E-state index in [9.17, 15) is 4.79 Å². The van der Waals surface area contributed by atoms with E-state index in [1.54, 1.807) is 0 Å². The highest BCUT2D eigenvalue weighted by Gasteiger charge is 2.54. The van der Waals surface area contributed by atoms with Crippen LogP contribution in [0.4, 0.5) is 0 Å². The highest BCUT2D eigenvalue weighted by Crippen LogP contribution is 2.49. The van der Waals surface area contributed by atoms with E-state index in [0.717, 1.165) is 32.3 Å². The molecular weight excluding hydrogens is 250 g/mol. The lowest BCUT2D eigenvalue weighted by Crippen LogP contribution is -2.55. The molecule has 1 aromatic rings. The van der Waals surface area contributed by atoms with Crippen molar-refractivity contribution in [2.45, 2.75) is 50.2 Å². The van der Waals surface area contributed by atoms with Crippen LogP contribution in [0.15, 0.2) is 24.3 Å². The van der Waals surface area contributed by atoms with E-state index >= 15 is 0 Å². The first-order valence-electron chi connectivity index (χ1n) is 7.69. The van der Waals surface area contributed by atoms with E-state index in [1.807, 2.05) is 0 Å². The van der Waals surface area contributed by atoms with Gasteiger partial charge >= 0.3 is 0 Å². The topological polar surface area (TPSA) is 38.3 Å². The van der Waals surface area contributed by atoms with E-state index in [4.69, 9.17) is 4.74 Å². The molecule has 1 saturated heterocycles. The molecule has 0 aromatic heterocycles. The second kappa shape index (κ2) is 4.32. The molecule has 1 aliphatic heterocycles. The molecule has 2 saturated carbocycles. The number of fused-ring (bicyclic) bond motifs is 1. The molecule has 4 rings (SSSR count). The number of nitrogens with one attached hydrogen (secondary N) is 1. The number of ether oxygens (including phenoxy) is 1. The molecule has 2 aliphatic carbocycles. The molecule has 3 nitrogen and oxygen atoms in total. The number of carbonyl (C=O) groups excluding carboxylic acids is 1. The fraction of sp³-hybridized carbons (Fsp3) is 0.588. The van der Waals surface area contributed by atoms with Gasteiger partial charge in [-0.1, -0.05) is 29.8 Å². The van der Waals surface area contributed by atoms with Crippen molar-refractivity contribution in [1.82, 2.24) is 5.32 Å². The number of hydrogen-bond acceptors (Lipinski definition) is 2. The third-order valence-corrected chi connectivity index (χ3v) is 5.37. The summed E-state index contributed by atoms with van der Waals surface area (Å²) in [5.41, 5.74) is 2.19. The van der Waals surface area contributed by atoms with Crippen LogP contribution < -0.4 is 5.32 Å². The Labute approximate surface area is 119 Å². The average Bonchev–Trinajstić information content (AvgIpc) is 3.15. The first-order chi connectivity index (χ1) is 9.69. The normalized spacial score (nSPS) is 33.1. The molecule has 3 atom stereocenters. The lowest BCUT2D eigenvalue weighted by molar-refractivity contribution is -0.126. The van der Waals surface area contributed by atoms with Gasteiger partial charge in [-0.3, -0.25) is 4.79 Å². The SMILES string of the molecule is Cc1ccc(C2(C(=O)N[C@@H]3C[C@H]4OCC[C@@H]34)CC2)cc1. The van der Waals surface area contributed by atoms with Crippen LogP contribution in [-0.2, 0) is 14.9 Å². The summed E-state index contributed by atoms with van der Waals surface area (Å²) in [7, 11) is 0. The molecule has 106 valence electrons. The fourth-order valence-electron chi connectivity index (χ4n) is 3.71. The van der Waals surface area contributed by atoms with Gasteiger partial charge in [0.05, 0.1) is 11.5 Å². The Kier molecular flexibility index (Phi) is 2.68. The maximum atomic E-state index is 12.7. The highest BCUT2D eigenvalue weighted by molar-refractivity contribution is 5.91. The highest BCUT2D eigenvalue weighted by atomic mass is 16.5. The monoisotopic (exact) mass is 271 g/mol. The molecule has 20 heavy (non-hydrogen) atoms. The van der Waals surface area contributed by atoms with Crippen molar-refractivity contribution >= 4 is 5.91 Å². The van der Waals surface area contributed by atoms with Crippen molar-refractivity contribution in [2.24, 2.45) is 5.92 Å². The zero-order valence-corrected chi connectivity index (χ0v) is 11.9. The zero-order valence-electron chi connectivity index (χ0n) is 11.9. The predicted molar refractivity (Wildman–Crippen MR) is 76.5 cm³/mol. The quantitative estimate of drug-likeness (QED) is 0.916. The van der Waals surface area contributed by atoms with Crippen LogP contribution in [0.5, 0.6) is 0 Å². The van der Waals surface area contributed by atoms with Gasteiger partial charge in [0.2, 0.25) is 5.91 Å². The van der Waals surface area contributed by atoms with Gasteiger partial charge in [0.15, 0.2) is 0 Å². The molecule has 3 aliphatic rings. The van der Waals surface area contributed by atoms with Crippen molar-refractivity contribution in [3.8, 4) is 0 Å². The predicted octanol–water partition coefficient (Wildman–Crippen LogP) is 2.32. The summed E-state index contributed by atoms with van der Waals surface area (Å²) in [4.78, 5) is 12.7. The molecule has 1 N–H and O–H groups in total. The van der Waals surface area contributed by atoms with Gasteiger partial charge in [-0.2, -0.15) is 0 Å². The summed E-state index contributed by atoms with van der Waals surface area (Å²) in [6, 6.07) is 8.78. The molecule has 0 radical (unpaired) electrons. The van der Waals surface area contributed by atoms with Crippen LogP contribution in [-0.4, -0.2) is 24.7 Å². The van der Waals surface area contributed by atoms with E-state index in [2.05, 4.69) is 36.5 Å².